The Morgan fingerprint density at radius 2 is 1.90 bits per heavy atom. The number of benzene rings is 2. The van der Waals surface area contributed by atoms with Crippen molar-refractivity contribution < 1.29 is 4.92 Å². The first-order chi connectivity index (χ1) is 10.2. The average molecular weight is 346 g/mol. The second kappa shape index (κ2) is 5.65. The molecule has 0 radical (unpaired) electrons. The Balaban J connectivity index is 1.87. The largest absolute Gasteiger partial charge is 0.301 e. The van der Waals surface area contributed by atoms with Gasteiger partial charge in [0.25, 0.3) is 5.69 Å². The fourth-order valence-electron chi connectivity index (χ4n) is 2.33. The second-order valence-corrected chi connectivity index (χ2v) is 5.71. The number of hydrogen-bond acceptors (Lipinski definition) is 4. The van der Waals surface area contributed by atoms with Crippen LogP contribution in [0.1, 0.15) is 17.2 Å². The lowest BCUT2D eigenvalue weighted by atomic mass is 9.99. The van der Waals surface area contributed by atoms with Gasteiger partial charge in [0.05, 0.1) is 21.5 Å². The number of nitrogens with one attached hydrogen (secondary N) is 1. The van der Waals surface area contributed by atoms with Gasteiger partial charge in [-0.15, -0.1) is 0 Å². The van der Waals surface area contributed by atoms with Crippen molar-refractivity contribution in [3.05, 3.63) is 75.8 Å². The fraction of sp³-hybridized carbons (Fsp3) is 0.133. The fourth-order valence-corrected chi connectivity index (χ4v) is 3.12. The number of nitro groups is 1. The normalized spacial score (nSPS) is 20.7. The maximum atomic E-state index is 10.9. The standard InChI is InChI=1S/C15H12BrN3O2/c16-13-14(10-5-2-1-3-6-10)17-18-15(13)11-7-4-8-12(9-11)19(20)21/h1-9,13,15,18H. The van der Waals surface area contributed by atoms with Gasteiger partial charge in [-0.1, -0.05) is 58.4 Å². The van der Waals surface area contributed by atoms with Crippen molar-refractivity contribution in [2.24, 2.45) is 5.10 Å². The maximum Gasteiger partial charge on any atom is 0.269 e. The topological polar surface area (TPSA) is 67.5 Å². The van der Waals surface area contributed by atoms with Crippen molar-refractivity contribution in [1.82, 2.24) is 5.43 Å². The monoisotopic (exact) mass is 345 g/mol. The first kappa shape index (κ1) is 13.8. The van der Waals surface area contributed by atoms with Gasteiger partial charge in [0, 0.05) is 12.1 Å². The third kappa shape index (κ3) is 2.67. The molecule has 0 saturated carbocycles. The molecule has 5 nitrogen and oxygen atoms in total. The van der Waals surface area contributed by atoms with Gasteiger partial charge in [-0.2, -0.15) is 5.10 Å². The highest BCUT2D eigenvalue weighted by Crippen LogP contribution is 2.31. The number of nitro benzene ring substituents is 1. The molecule has 3 rings (SSSR count). The molecule has 1 aliphatic heterocycles. The molecule has 21 heavy (non-hydrogen) atoms. The zero-order chi connectivity index (χ0) is 14.8. The molecule has 0 bridgehead atoms. The van der Waals surface area contributed by atoms with Crippen molar-refractivity contribution in [2.75, 3.05) is 0 Å². The number of hydrazone groups is 1. The van der Waals surface area contributed by atoms with Gasteiger partial charge in [-0.05, 0) is 11.1 Å². The van der Waals surface area contributed by atoms with Crippen molar-refractivity contribution in [2.45, 2.75) is 10.9 Å². The minimum absolute atomic E-state index is 0.0399. The van der Waals surface area contributed by atoms with Crippen LogP contribution in [0.15, 0.2) is 59.7 Å². The van der Waals surface area contributed by atoms with E-state index in [0.29, 0.717) is 0 Å². The zero-order valence-corrected chi connectivity index (χ0v) is 12.5. The van der Waals surface area contributed by atoms with Crippen molar-refractivity contribution in [3.63, 3.8) is 0 Å². The zero-order valence-electron chi connectivity index (χ0n) is 10.9. The quantitative estimate of drug-likeness (QED) is 0.526. The molecule has 6 heteroatoms. The molecule has 1 aliphatic rings. The van der Waals surface area contributed by atoms with E-state index in [1.807, 2.05) is 36.4 Å². The first-order valence-electron chi connectivity index (χ1n) is 6.44. The number of hydrogen-bond donors (Lipinski definition) is 1. The summed E-state index contributed by atoms with van der Waals surface area (Å²) < 4.78 is 0. The average Bonchev–Trinajstić information content (AvgIpc) is 2.90. The summed E-state index contributed by atoms with van der Waals surface area (Å²) in [6, 6.07) is 16.3. The molecule has 0 spiro atoms. The summed E-state index contributed by atoms with van der Waals surface area (Å²) in [5.74, 6) is 0. The van der Waals surface area contributed by atoms with E-state index in [1.165, 1.54) is 6.07 Å². The van der Waals surface area contributed by atoms with E-state index in [9.17, 15) is 10.1 Å². The van der Waals surface area contributed by atoms with E-state index in [4.69, 9.17) is 0 Å². The molecule has 2 aromatic rings. The summed E-state index contributed by atoms with van der Waals surface area (Å²) in [5.41, 5.74) is 5.90. The molecule has 0 aromatic heterocycles. The van der Waals surface area contributed by atoms with E-state index in [-0.39, 0.29) is 21.5 Å². The first-order valence-corrected chi connectivity index (χ1v) is 7.35. The van der Waals surface area contributed by atoms with Gasteiger partial charge in [0.15, 0.2) is 0 Å². The van der Waals surface area contributed by atoms with Crippen LogP contribution in [0.4, 0.5) is 5.69 Å². The van der Waals surface area contributed by atoms with Crippen LogP contribution in [0.3, 0.4) is 0 Å². The highest BCUT2D eigenvalue weighted by Gasteiger charge is 2.32. The van der Waals surface area contributed by atoms with Crippen molar-refractivity contribution in [1.29, 1.82) is 0 Å². The Morgan fingerprint density at radius 1 is 1.14 bits per heavy atom. The minimum Gasteiger partial charge on any atom is -0.301 e. The van der Waals surface area contributed by atoms with Crippen LogP contribution >= 0.6 is 15.9 Å². The molecule has 2 atom stereocenters. The lowest BCUT2D eigenvalue weighted by molar-refractivity contribution is -0.384. The van der Waals surface area contributed by atoms with Crippen LogP contribution in [-0.2, 0) is 0 Å². The molecule has 106 valence electrons. The molecule has 0 amide bonds. The van der Waals surface area contributed by atoms with Crippen LogP contribution in [0, 0.1) is 10.1 Å². The van der Waals surface area contributed by atoms with Crippen LogP contribution < -0.4 is 5.43 Å². The Bertz CT molecular complexity index is 703. The molecule has 2 unspecified atom stereocenters. The predicted octanol–water partition coefficient (Wildman–Crippen LogP) is 3.41. The number of non-ortho nitro benzene ring substituents is 1. The van der Waals surface area contributed by atoms with Gasteiger partial charge in [0.1, 0.15) is 0 Å². The summed E-state index contributed by atoms with van der Waals surface area (Å²) in [5, 5.41) is 15.2. The number of rotatable bonds is 3. The van der Waals surface area contributed by atoms with E-state index >= 15 is 0 Å². The molecular formula is C15H12BrN3O2. The summed E-state index contributed by atoms with van der Waals surface area (Å²) in [6.45, 7) is 0. The van der Waals surface area contributed by atoms with E-state index < -0.39 is 0 Å². The predicted molar refractivity (Wildman–Crippen MR) is 84.7 cm³/mol. The molecule has 1 heterocycles. The van der Waals surface area contributed by atoms with Gasteiger partial charge >= 0.3 is 0 Å². The van der Waals surface area contributed by atoms with E-state index in [2.05, 4.69) is 26.5 Å². The van der Waals surface area contributed by atoms with Gasteiger partial charge in [-0.25, -0.2) is 0 Å². The Kier molecular flexibility index (Phi) is 3.70. The molecule has 0 fully saturated rings. The van der Waals surface area contributed by atoms with Gasteiger partial charge in [0.2, 0.25) is 0 Å². The molecule has 1 N–H and O–H groups in total. The lowest BCUT2D eigenvalue weighted by Gasteiger charge is -2.15. The number of alkyl halides is 1. The number of halogens is 1. The lowest BCUT2D eigenvalue weighted by Crippen LogP contribution is -2.22. The van der Waals surface area contributed by atoms with Crippen LogP contribution in [0.5, 0.6) is 0 Å². The Labute approximate surface area is 130 Å². The maximum absolute atomic E-state index is 10.9. The van der Waals surface area contributed by atoms with Crippen LogP contribution in [0.25, 0.3) is 0 Å². The van der Waals surface area contributed by atoms with Crippen molar-refractivity contribution >= 4 is 27.3 Å². The van der Waals surface area contributed by atoms with E-state index in [1.54, 1.807) is 12.1 Å². The Morgan fingerprint density at radius 3 is 2.62 bits per heavy atom. The molecule has 0 saturated heterocycles. The smallest absolute Gasteiger partial charge is 0.269 e. The van der Waals surface area contributed by atoms with Crippen LogP contribution in [0.2, 0.25) is 0 Å². The van der Waals surface area contributed by atoms with Gasteiger partial charge in [-0.3, -0.25) is 10.1 Å². The van der Waals surface area contributed by atoms with Crippen molar-refractivity contribution in [3.8, 4) is 0 Å². The highest BCUT2D eigenvalue weighted by atomic mass is 79.9. The summed E-state index contributed by atoms with van der Waals surface area (Å²) in [6.07, 6.45) is 0. The number of nitrogens with zero attached hydrogens (tertiary/aromatic N) is 2. The SMILES string of the molecule is O=[N+]([O-])c1cccc(C2NN=C(c3ccccc3)C2Br)c1. The third-order valence-corrected chi connectivity index (χ3v) is 4.35. The molecule has 0 aliphatic carbocycles. The summed E-state index contributed by atoms with van der Waals surface area (Å²) >= 11 is 3.64. The van der Waals surface area contributed by atoms with Gasteiger partial charge < -0.3 is 5.43 Å². The molecular weight excluding hydrogens is 334 g/mol. The summed E-state index contributed by atoms with van der Waals surface area (Å²) in [7, 11) is 0. The Hall–Kier alpha value is -2.21. The third-order valence-electron chi connectivity index (χ3n) is 3.39. The summed E-state index contributed by atoms with van der Waals surface area (Å²) in [4.78, 5) is 10.5. The minimum atomic E-state index is -0.388. The van der Waals surface area contributed by atoms with Crippen LogP contribution in [-0.4, -0.2) is 15.5 Å². The van der Waals surface area contributed by atoms with E-state index in [0.717, 1.165) is 16.8 Å². The second-order valence-electron chi connectivity index (χ2n) is 4.72. The molecule has 2 aromatic carbocycles. The highest BCUT2D eigenvalue weighted by molar-refractivity contribution is 9.10.